The zero-order valence-corrected chi connectivity index (χ0v) is 18.4. The predicted octanol–water partition coefficient (Wildman–Crippen LogP) is 6.84. The molecule has 5 rings (SSSR count). The number of benzene rings is 4. The minimum atomic E-state index is -0.197. The summed E-state index contributed by atoms with van der Waals surface area (Å²) in [5, 5.41) is 0.727. The van der Waals surface area contributed by atoms with Crippen LogP contribution in [0.15, 0.2) is 119 Å². The van der Waals surface area contributed by atoms with E-state index in [-0.39, 0.29) is 6.17 Å². The number of aliphatic imine (C=N–C) groups is 2. The molecule has 0 spiro atoms. The molecule has 0 fully saturated rings. The van der Waals surface area contributed by atoms with E-state index in [0.29, 0.717) is 0 Å². The van der Waals surface area contributed by atoms with Gasteiger partial charge in [-0.2, -0.15) is 0 Å². The third-order valence-corrected chi connectivity index (χ3v) is 5.80. The topological polar surface area (TPSA) is 28.0 Å². The lowest BCUT2D eigenvalue weighted by molar-refractivity contribution is 0.383. The minimum absolute atomic E-state index is 0.197. The number of hydrogen-bond donors (Lipinski definition) is 0. The molecule has 0 aliphatic carbocycles. The lowest BCUT2D eigenvalue weighted by Crippen LogP contribution is -2.35. The summed E-state index contributed by atoms with van der Waals surface area (Å²) in [5.41, 5.74) is 5.36. The number of hydrogen-bond acceptors (Lipinski definition) is 3. The molecule has 1 aliphatic heterocycles. The van der Waals surface area contributed by atoms with E-state index in [2.05, 4.69) is 59.5 Å². The van der Waals surface area contributed by atoms with Crippen LogP contribution in [-0.4, -0.2) is 23.6 Å². The fourth-order valence-corrected chi connectivity index (χ4v) is 4.14. The van der Waals surface area contributed by atoms with E-state index in [1.54, 1.807) is 0 Å². The van der Waals surface area contributed by atoms with Gasteiger partial charge in [0.2, 0.25) is 0 Å². The molecule has 0 saturated carbocycles. The molecular weight excluding hydrogens is 414 g/mol. The van der Waals surface area contributed by atoms with Crippen LogP contribution in [0.5, 0.6) is 0 Å². The summed E-state index contributed by atoms with van der Waals surface area (Å²) in [6.45, 7) is 0. The van der Waals surface area contributed by atoms with E-state index in [9.17, 15) is 0 Å². The molecule has 1 unspecified atom stereocenters. The standard InChI is InChI=1S/C28H22ClN3/c1-32-27(21-12-6-3-7-13-21)30-26(20-10-4-2-5-11-20)31-28(32)24-16-8-14-22(18-24)23-15-9-17-25(29)19-23/h2-19,28H,1H3. The summed E-state index contributed by atoms with van der Waals surface area (Å²) in [4.78, 5) is 12.1. The van der Waals surface area contributed by atoms with Gasteiger partial charge in [-0.1, -0.05) is 103 Å². The van der Waals surface area contributed by atoms with Crippen LogP contribution in [0.3, 0.4) is 0 Å². The molecule has 0 radical (unpaired) electrons. The monoisotopic (exact) mass is 435 g/mol. The maximum absolute atomic E-state index is 6.23. The Morgan fingerprint density at radius 3 is 1.94 bits per heavy atom. The number of halogens is 1. The molecule has 3 nitrogen and oxygen atoms in total. The predicted molar refractivity (Wildman–Crippen MR) is 133 cm³/mol. The highest BCUT2D eigenvalue weighted by Crippen LogP contribution is 2.31. The van der Waals surface area contributed by atoms with Gasteiger partial charge in [0.1, 0.15) is 5.84 Å². The zero-order valence-electron chi connectivity index (χ0n) is 17.7. The van der Waals surface area contributed by atoms with Crippen molar-refractivity contribution in [2.45, 2.75) is 6.17 Å². The molecule has 0 N–H and O–H groups in total. The highest BCUT2D eigenvalue weighted by Gasteiger charge is 2.26. The van der Waals surface area contributed by atoms with Crippen molar-refractivity contribution in [2.24, 2.45) is 9.98 Å². The fraction of sp³-hybridized carbons (Fsp3) is 0.0714. The lowest BCUT2D eigenvalue weighted by Gasteiger charge is -2.32. The molecule has 1 heterocycles. The van der Waals surface area contributed by atoms with Crippen molar-refractivity contribution in [3.05, 3.63) is 131 Å². The quantitative estimate of drug-likeness (QED) is 0.344. The molecule has 0 saturated heterocycles. The maximum atomic E-state index is 6.23. The van der Waals surface area contributed by atoms with E-state index in [0.717, 1.165) is 44.5 Å². The molecule has 0 aromatic heterocycles. The van der Waals surface area contributed by atoms with Gasteiger partial charge in [-0.25, -0.2) is 9.98 Å². The van der Waals surface area contributed by atoms with Gasteiger partial charge >= 0.3 is 0 Å². The Morgan fingerprint density at radius 2 is 1.25 bits per heavy atom. The third-order valence-electron chi connectivity index (χ3n) is 5.56. The first kappa shape index (κ1) is 20.2. The SMILES string of the molecule is CN1C(c2ccccc2)=NC(c2ccccc2)=NC1c1cccc(-c2cccc(Cl)c2)c1. The van der Waals surface area contributed by atoms with Crippen molar-refractivity contribution in [2.75, 3.05) is 7.05 Å². The first-order valence-electron chi connectivity index (χ1n) is 10.5. The molecule has 4 aromatic rings. The zero-order chi connectivity index (χ0) is 21.9. The summed E-state index contributed by atoms with van der Waals surface area (Å²) >= 11 is 6.23. The summed E-state index contributed by atoms with van der Waals surface area (Å²) in [6, 6.07) is 36.8. The minimum Gasteiger partial charge on any atom is -0.333 e. The van der Waals surface area contributed by atoms with Gasteiger partial charge in [-0.15, -0.1) is 0 Å². The van der Waals surface area contributed by atoms with Gasteiger partial charge in [0, 0.05) is 23.2 Å². The lowest BCUT2D eigenvalue weighted by atomic mass is 10.0. The van der Waals surface area contributed by atoms with Crippen molar-refractivity contribution >= 4 is 23.3 Å². The largest absolute Gasteiger partial charge is 0.333 e. The highest BCUT2D eigenvalue weighted by molar-refractivity contribution is 6.30. The maximum Gasteiger partial charge on any atom is 0.159 e. The van der Waals surface area contributed by atoms with Crippen LogP contribution in [0.4, 0.5) is 0 Å². The Labute approximate surface area is 193 Å². The average Bonchev–Trinajstić information content (AvgIpc) is 2.85. The van der Waals surface area contributed by atoms with Crippen molar-refractivity contribution < 1.29 is 0 Å². The first-order valence-corrected chi connectivity index (χ1v) is 10.9. The molecule has 156 valence electrons. The number of amidine groups is 2. The average molecular weight is 436 g/mol. The van der Waals surface area contributed by atoms with Crippen LogP contribution in [0.25, 0.3) is 11.1 Å². The molecule has 4 heteroatoms. The van der Waals surface area contributed by atoms with Crippen LogP contribution in [-0.2, 0) is 0 Å². The summed E-state index contributed by atoms with van der Waals surface area (Å²) in [5.74, 6) is 1.64. The van der Waals surface area contributed by atoms with E-state index in [1.807, 2.05) is 61.6 Å². The molecule has 4 aromatic carbocycles. The summed E-state index contributed by atoms with van der Waals surface area (Å²) in [6.07, 6.45) is -0.197. The number of nitrogens with zero attached hydrogens (tertiary/aromatic N) is 3. The van der Waals surface area contributed by atoms with Gasteiger partial charge in [-0.3, -0.25) is 0 Å². The summed E-state index contributed by atoms with van der Waals surface area (Å²) in [7, 11) is 2.05. The van der Waals surface area contributed by atoms with Crippen LogP contribution < -0.4 is 0 Å². The molecule has 1 aliphatic rings. The normalized spacial score (nSPS) is 15.8. The smallest absolute Gasteiger partial charge is 0.159 e. The van der Waals surface area contributed by atoms with Gasteiger partial charge in [-0.05, 0) is 34.9 Å². The molecule has 0 bridgehead atoms. The highest BCUT2D eigenvalue weighted by atomic mass is 35.5. The first-order chi connectivity index (χ1) is 15.7. The van der Waals surface area contributed by atoms with E-state index in [4.69, 9.17) is 21.6 Å². The molecular formula is C28H22ClN3. The van der Waals surface area contributed by atoms with Crippen molar-refractivity contribution in [1.29, 1.82) is 0 Å². The third kappa shape index (κ3) is 4.08. The van der Waals surface area contributed by atoms with Crippen LogP contribution in [0.2, 0.25) is 5.02 Å². The molecule has 0 amide bonds. The Hall–Kier alpha value is -3.69. The number of rotatable bonds is 4. The molecule has 1 atom stereocenters. The Kier molecular flexibility index (Phi) is 5.57. The van der Waals surface area contributed by atoms with Gasteiger partial charge < -0.3 is 4.90 Å². The van der Waals surface area contributed by atoms with E-state index >= 15 is 0 Å². The summed E-state index contributed by atoms with van der Waals surface area (Å²) < 4.78 is 0. The fourth-order valence-electron chi connectivity index (χ4n) is 3.95. The van der Waals surface area contributed by atoms with Crippen LogP contribution in [0, 0.1) is 0 Å². The van der Waals surface area contributed by atoms with Gasteiger partial charge in [0.15, 0.2) is 12.0 Å². The van der Waals surface area contributed by atoms with Crippen molar-refractivity contribution in [3.63, 3.8) is 0 Å². The Balaban J connectivity index is 1.61. The van der Waals surface area contributed by atoms with Crippen LogP contribution in [0.1, 0.15) is 22.9 Å². The van der Waals surface area contributed by atoms with E-state index < -0.39 is 0 Å². The Bertz CT molecular complexity index is 1300. The Morgan fingerprint density at radius 1 is 0.656 bits per heavy atom. The van der Waals surface area contributed by atoms with Gasteiger partial charge in [0.25, 0.3) is 0 Å². The second-order valence-electron chi connectivity index (χ2n) is 7.74. The second kappa shape index (κ2) is 8.81. The second-order valence-corrected chi connectivity index (χ2v) is 8.18. The van der Waals surface area contributed by atoms with Gasteiger partial charge in [0.05, 0.1) is 0 Å². The van der Waals surface area contributed by atoms with E-state index in [1.165, 1.54) is 0 Å². The van der Waals surface area contributed by atoms with Crippen molar-refractivity contribution in [1.82, 2.24) is 4.90 Å². The molecule has 32 heavy (non-hydrogen) atoms. The van der Waals surface area contributed by atoms with Crippen LogP contribution >= 0.6 is 11.6 Å². The van der Waals surface area contributed by atoms with Crippen molar-refractivity contribution in [3.8, 4) is 11.1 Å².